The second-order valence-electron chi connectivity index (χ2n) is 5.70. The van der Waals surface area contributed by atoms with E-state index in [1.54, 1.807) is 0 Å². The van der Waals surface area contributed by atoms with Crippen molar-refractivity contribution < 1.29 is 23.5 Å². The first kappa shape index (κ1) is 15.7. The maximum absolute atomic E-state index is 13.9. The van der Waals surface area contributed by atoms with E-state index in [9.17, 15) is 14.0 Å². The van der Waals surface area contributed by atoms with Crippen molar-refractivity contribution in [3.63, 3.8) is 0 Å². The van der Waals surface area contributed by atoms with Gasteiger partial charge in [-0.15, -0.1) is 0 Å². The van der Waals surface area contributed by atoms with Crippen molar-refractivity contribution in [1.29, 1.82) is 0 Å². The van der Waals surface area contributed by atoms with Crippen LogP contribution in [0.3, 0.4) is 0 Å². The summed E-state index contributed by atoms with van der Waals surface area (Å²) in [6.07, 6.45) is 3.82. The van der Waals surface area contributed by atoms with Gasteiger partial charge in [0.1, 0.15) is 19.0 Å². The van der Waals surface area contributed by atoms with Crippen LogP contribution in [-0.4, -0.2) is 37.9 Å². The Bertz CT molecular complexity index is 602. The molecule has 1 aromatic rings. The summed E-state index contributed by atoms with van der Waals surface area (Å²) in [5, 5.41) is 2.50. The van der Waals surface area contributed by atoms with Crippen molar-refractivity contribution in [3.05, 3.63) is 24.0 Å². The van der Waals surface area contributed by atoms with Crippen LogP contribution in [0.2, 0.25) is 0 Å². The fraction of sp³-hybridized carbons (Fsp3) is 0.500. The molecule has 0 spiro atoms. The molecule has 2 aliphatic rings. The minimum absolute atomic E-state index is 0.0298. The topological polar surface area (TPSA) is 67.9 Å². The normalized spacial score (nSPS) is 18.3. The van der Waals surface area contributed by atoms with Crippen LogP contribution in [0.4, 0.5) is 20.6 Å². The molecular formula is C16H19FN2O4. The summed E-state index contributed by atoms with van der Waals surface area (Å²) < 4.78 is 24.2. The average Bonchev–Trinajstić information content (AvgIpc) is 3.19. The Labute approximate surface area is 133 Å². The van der Waals surface area contributed by atoms with Crippen LogP contribution in [0.25, 0.3) is 0 Å². The molecule has 7 heteroatoms. The summed E-state index contributed by atoms with van der Waals surface area (Å²) in [5.41, 5.74) is 0.517. The molecule has 1 heterocycles. The van der Waals surface area contributed by atoms with Gasteiger partial charge in [-0.1, -0.05) is 12.8 Å². The number of anilines is 2. The van der Waals surface area contributed by atoms with Gasteiger partial charge in [-0.25, -0.2) is 9.18 Å². The fourth-order valence-corrected chi connectivity index (χ4v) is 2.84. The first-order valence-corrected chi connectivity index (χ1v) is 7.79. The van der Waals surface area contributed by atoms with Gasteiger partial charge in [-0.2, -0.15) is 0 Å². The molecule has 1 saturated heterocycles. The monoisotopic (exact) mass is 322 g/mol. The summed E-state index contributed by atoms with van der Waals surface area (Å²) in [6.45, 7) is 0.607. The Balaban J connectivity index is 1.62. The standard InChI is InChI=1S/C16H19FN2O4/c17-13-6-5-11(19-7-8-22-16(19)21)9-14(13)18-15(20)10-23-12-3-1-2-4-12/h5-6,9,12H,1-4,7-8,10H2,(H,18,20). The molecule has 1 aliphatic carbocycles. The van der Waals surface area contributed by atoms with E-state index >= 15 is 0 Å². The molecule has 23 heavy (non-hydrogen) atoms. The number of carbonyl (C=O) groups is 2. The fourth-order valence-electron chi connectivity index (χ4n) is 2.84. The average molecular weight is 322 g/mol. The molecule has 3 rings (SSSR count). The molecule has 6 nitrogen and oxygen atoms in total. The van der Waals surface area contributed by atoms with Gasteiger partial charge in [-0.3, -0.25) is 9.69 Å². The molecule has 1 aliphatic heterocycles. The maximum atomic E-state index is 13.9. The zero-order valence-corrected chi connectivity index (χ0v) is 12.7. The van der Waals surface area contributed by atoms with E-state index in [4.69, 9.17) is 9.47 Å². The highest BCUT2D eigenvalue weighted by Gasteiger charge is 2.24. The molecule has 2 amide bonds. The lowest BCUT2D eigenvalue weighted by Crippen LogP contribution is -2.25. The van der Waals surface area contributed by atoms with E-state index in [2.05, 4.69) is 5.32 Å². The van der Waals surface area contributed by atoms with E-state index in [1.165, 1.54) is 23.1 Å². The van der Waals surface area contributed by atoms with Crippen molar-refractivity contribution in [2.45, 2.75) is 31.8 Å². The van der Waals surface area contributed by atoms with E-state index in [0.717, 1.165) is 25.7 Å². The lowest BCUT2D eigenvalue weighted by atomic mass is 10.2. The smallest absolute Gasteiger partial charge is 0.414 e. The zero-order valence-electron chi connectivity index (χ0n) is 12.7. The Kier molecular flexibility index (Phi) is 4.76. The summed E-state index contributed by atoms with van der Waals surface area (Å²) >= 11 is 0. The number of hydrogen-bond donors (Lipinski definition) is 1. The maximum Gasteiger partial charge on any atom is 0.414 e. The van der Waals surface area contributed by atoms with Gasteiger partial charge in [-0.05, 0) is 31.0 Å². The van der Waals surface area contributed by atoms with E-state index in [0.29, 0.717) is 18.8 Å². The predicted octanol–water partition coefficient (Wildman–Crippen LogP) is 2.68. The van der Waals surface area contributed by atoms with Crippen molar-refractivity contribution in [2.24, 2.45) is 0 Å². The third-order valence-electron chi connectivity index (χ3n) is 4.05. The lowest BCUT2D eigenvalue weighted by molar-refractivity contribution is -0.122. The second-order valence-corrected chi connectivity index (χ2v) is 5.70. The predicted molar refractivity (Wildman–Crippen MR) is 81.9 cm³/mol. The second kappa shape index (κ2) is 6.95. The van der Waals surface area contributed by atoms with E-state index in [-0.39, 0.29) is 18.4 Å². The largest absolute Gasteiger partial charge is 0.447 e. The van der Waals surface area contributed by atoms with Crippen LogP contribution >= 0.6 is 0 Å². The molecule has 0 aromatic heterocycles. The van der Waals surface area contributed by atoms with Gasteiger partial charge in [0.2, 0.25) is 5.91 Å². The first-order valence-electron chi connectivity index (χ1n) is 7.79. The molecule has 2 fully saturated rings. The van der Waals surface area contributed by atoms with Crippen LogP contribution in [0.15, 0.2) is 18.2 Å². The van der Waals surface area contributed by atoms with Crippen molar-refractivity contribution >= 4 is 23.4 Å². The number of nitrogens with one attached hydrogen (secondary N) is 1. The molecule has 0 atom stereocenters. The Morgan fingerprint density at radius 2 is 2.17 bits per heavy atom. The van der Waals surface area contributed by atoms with Gasteiger partial charge in [0.05, 0.1) is 18.3 Å². The Morgan fingerprint density at radius 3 is 2.87 bits per heavy atom. The number of carbonyl (C=O) groups excluding carboxylic acids is 2. The number of halogens is 1. The third kappa shape index (κ3) is 3.79. The first-order chi connectivity index (χ1) is 11.1. The molecule has 1 aromatic carbocycles. The number of amides is 2. The molecule has 124 valence electrons. The summed E-state index contributed by atoms with van der Waals surface area (Å²) in [6, 6.07) is 4.12. The molecule has 1 N–H and O–H groups in total. The highest BCUT2D eigenvalue weighted by Crippen LogP contribution is 2.25. The number of nitrogens with zero attached hydrogens (tertiary/aromatic N) is 1. The summed E-state index contributed by atoms with van der Waals surface area (Å²) in [4.78, 5) is 24.8. The van der Waals surface area contributed by atoms with Crippen molar-refractivity contribution in [3.8, 4) is 0 Å². The quantitative estimate of drug-likeness (QED) is 0.905. The molecular weight excluding hydrogens is 303 g/mol. The number of benzene rings is 1. The third-order valence-corrected chi connectivity index (χ3v) is 4.05. The molecule has 1 saturated carbocycles. The van der Waals surface area contributed by atoms with Crippen LogP contribution in [-0.2, 0) is 14.3 Å². The Hall–Kier alpha value is -2.15. The number of ether oxygens (including phenoxy) is 2. The van der Waals surface area contributed by atoms with Crippen LogP contribution < -0.4 is 10.2 Å². The van der Waals surface area contributed by atoms with Gasteiger partial charge in [0.25, 0.3) is 0 Å². The summed E-state index contributed by atoms with van der Waals surface area (Å²) in [7, 11) is 0. The van der Waals surface area contributed by atoms with Crippen molar-refractivity contribution in [1.82, 2.24) is 0 Å². The molecule has 0 bridgehead atoms. The van der Waals surface area contributed by atoms with Gasteiger partial charge >= 0.3 is 6.09 Å². The number of hydrogen-bond acceptors (Lipinski definition) is 4. The minimum Gasteiger partial charge on any atom is -0.447 e. The highest BCUT2D eigenvalue weighted by molar-refractivity contribution is 5.94. The lowest BCUT2D eigenvalue weighted by Gasteiger charge is -2.15. The van der Waals surface area contributed by atoms with Crippen LogP contribution in [0, 0.1) is 5.82 Å². The minimum atomic E-state index is -0.560. The van der Waals surface area contributed by atoms with Gasteiger partial charge < -0.3 is 14.8 Å². The summed E-state index contributed by atoms with van der Waals surface area (Å²) in [5.74, 6) is -0.965. The highest BCUT2D eigenvalue weighted by atomic mass is 19.1. The molecule has 0 radical (unpaired) electrons. The van der Waals surface area contributed by atoms with Crippen molar-refractivity contribution in [2.75, 3.05) is 30.0 Å². The molecule has 0 unspecified atom stereocenters. The van der Waals surface area contributed by atoms with E-state index in [1.807, 2.05) is 0 Å². The number of cyclic esters (lactones) is 1. The van der Waals surface area contributed by atoms with E-state index < -0.39 is 17.8 Å². The zero-order chi connectivity index (χ0) is 16.2. The van der Waals surface area contributed by atoms with Crippen LogP contribution in [0.1, 0.15) is 25.7 Å². The SMILES string of the molecule is O=C(COC1CCCC1)Nc1cc(N2CCOC2=O)ccc1F. The van der Waals surface area contributed by atoms with Gasteiger partial charge in [0, 0.05) is 5.69 Å². The number of rotatable bonds is 5. The Morgan fingerprint density at radius 1 is 1.39 bits per heavy atom. The van der Waals surface area contributed by atoms with Crippen LogP contribution in [0.5, 0.6) is 0 Å². The van der Waals surface area contributed by atoms with Gasteiger partial charge in [0.15, 0.2) is 0 Å².